The second kappa shape index (κ2) is 7.57. The van der Waals surface area contributed by atoms with Crippen molar-refractivity contribution in [3.63, 3.8) is 0 Å². The summed E-state index contributed by atoms with van der Waals surface area (Å²) in [5.41, 5.74) is -5.18. The Balaban J connectivity index is 2.24. The van der Waals surface area contributed by atoms with Crippen molar-refractivity contribution in [2.24, 2.45) is 0 Å². The molecule has 0 saturated heterocycles. The molecular weight excluding hydrogens is 387 g/mol. The molecule has 27 heavy (non-hydrogen) atoms. The highest BCUT2D eigenvalue weighted by atomic mass is 32.2. The van der Waals surface area contributed by atoms with Crippen LogP contribution in [0.15, 0.2) is 18.2 Å². The number of benzene rings is 1. The Labute approximate surface area is 156 Å². The Morgan fingerprint density at radius 1 is 1.22 bits per heavy atom. The van der Waals surface area contributed by atoms with E-state index in [0.29, 0.717) is 30.4 Å². The highest BCUT2D eigenvalue weighted by molar-refractivity contribution is 7.88. The number of nitrogens with one attached hydrogen (secondary N) is 1. The SMILES string of the molecule is CC(C)(C)OC(=O)N[C@@H]1CCCc2cccc(OS(=O)(=O)C(F)(F)F)c2C1. The molecule has 1 N–H and O–H groups in total. The van der Waals surface area contributed by atoms with Crippen LogP contribution < -0.4 is 9.50 Å². The fourth-order valence-electron chi connectivity index (χ4n) is 2.81. The molecule has 2 rings (SSSR count). The normalized spacial score (nSPS) is 18.2. The maximum Gasteiger partial charge on any atom is 0.534 e. The van der Waals surface area contributed by atoms with Crippen molar-refractivity contribution in [3.8, 4) is 5.75 Å². The topological polar surface area (TPSA) is 81.7 Å². The second-order valence-corrected chi connectivity index (χ2v) is 8.85. The van der Waals surface area contributed by atoms with Crippen LogP contribution in [0.3, 0.4) is 0 Å². The summed E-state index contributed by atoms with van der Waals surface area (Å²) in [5.74, 6) is -0.372. The summed E-state index contributed by atoms with van der Waals surface area (Å²) < 4.78 is 70.3. The molecule has 0 fully saturated rings. The fraction of sp³-hybridized carbons (Fsp3) is 0.588. The number of carbonyl (C=O) groups is 1. The van der Waals surface area contributed by atoms with Gasteiger partial charge < -0.3 is 14.2 Å². The highest BCUT2D eigenvalue weighted by Gasteiger charge is 2.49. The van der Waals surface area contributed by atoms with Crippen molar-refractivity contribution in [1.29, 1.82) is 0 Å². The monoisotopic (exact) mass is 409 g/mol. The van der Waals surface area contributed by atoms with Crippen LogP contribution in [0, 0.1) is 0 Å². The average molecular weight is 409 g/mol. The minimum atomic E-state index is -5.77. The fourth-order valence-corrected chi connectivity index (χ4v) is 3.29. The van der Waals surface area contributed by atoms with Crippen molar-refractivity contribution in [2.75, 3.05) is 0 Å². The number of carbonyl (C=O) groups excluding carboxylic acids is 1. The lowest BCUT2D eigenvalue weighted by atomic mass is 10.0. The third-order valence-corrected chi connectivity index (χ3v) is 4.85. The molecule has 1 aliphatic rings. The van der Waals surface area contributed by atoms with Gasteiger partial charge in [-0.25, -0.2) is 4.79 Å². The van der Waals surface area contributed by atoms with Gasteiger partial charge in [-0.15, -0.1) is 0 Å². The van der Waals surface area contributed by atoms with Crippen molar-refractivity contribution in [1.82, 2.24) is 5.32 Å². The summed E-state index contributed by atoms with van der Waals surface area (Å²) in [7, 11) is -5.77. The van der Waals surface area contributed by atoms with Crippen LogP contribution in [-0.4, -0.2) is 31.7 Å². The summed E-state index contributed by atoms with van der Waals surface area (Å²) in [6.45, 7) is 5.13. The van der Waals surface area contributed by atoms with E-state index in [-0.39, 0.29) is 12.2 Å². The maximum atomic E-state index is 12.7. The van der Waals surface area contributed by atoms with Gasteiger partial charge in [0.15, 0.2) is 0 Å². The highest BCUT2D eigenvalue weighted by Crippen LogP contribution is 2.33. The number of alkyl carbamates (subject to hydrolysis) is 1. The van der Waals surface area contributed by atoms with E-state index in [4.69, 9.17) is 4.74 Å². The van der Waals surface area contributed by atoms with Gasteiger partial charge in [0.05, 0.1) is 0 Å². The summed E-state index contributed by atoms with van der Waals surface area (Å²) in [6, 6.07) is 3.91. The van der Waals surface area contributed by atoms with E-state index in [1.54, 1.807) is 26.8 Å². The molecule has 0 aliphatic heterocycles. The number of amides is 1. The molecule has 152 valence electrons. The third kappa shape index (κ3) is 5.75. The van der Waals surface area contributed by atoms with Gasteiger partial charge in [-0.2, -0.15) is 21.6 Å². The number of hydrogen-bond acceptors (Lipinski definition) is 5. The first-order chi connectivity index (χ1) is 12.3. The van der Waals surface area contributed by atoms with E-state index in [1.807, 2.05) is 0 Å². The summed E-state index contributed by atoms with van der Waals surface area (Å²) in [5, 5.41) is 2.69. The van der Waals surface area contributed by atoms with Crippen molar-refractivity contribution in [3.05, 3.63) is 29.3 Å². The van der Waals surface area contributed by atoms with E-state index in [1.165, 1.54) is 12.1 Å². The van der Waals surface area contributed by atoms with Gasteiger partial charge in [-0.3, -0.25) is 0 Å². The minimum Gasteiger partial charge on any atom is -0.444 e. The van der Waals surface area contributed by atoms with Crippen molar-refractivity contribution < 1.29 is 35.3 Å². The first-order valence-corrected chi connectivity index (χ1v) is 9.80. The number of halogens is 3. The van der Waals surface area contributed by atoms with Gasteiger partial charge >= 0.3 is 21.7 Å². The predicted molar refractivity (Wildman–Crippen MR) is 91.8 cm³/mol. The summed E-state index contributed by atoms with van der Waals surface area (Å²) in [4.78, 5) is 12.0. The molecule has 0 bridgehead atoms. The number of alkyl halides is 3. The zero-order valence-electron chi connectivity index (χ0n) is 15.2. The van der Waals surface area contributed by atoms with Crippen LogP contribution in [0.5, 0.6) is 5.75 Å². The van der Waals surface area contributed by atoms with Gasteiger partial charge in [-0.1, -0.05) is 12.1 Å². The number of hydrogen-bond donors (Lipinski definition) is 1. The van der Waals surface area contributed by atoms with Crippen LogP contribution in [0.1, 0.15) is 44.7 Å². The summed E-state index contributed by atoms with van der Waals surface area (Å²) in [6.07, 6.45) is 1.27. The van der Waals surface area contributed by atoms with E-state index in [9.17, 15) is 26.4 Å². The average Bonchev–Trinajstić information content (AvgIpc) is 2.66. The molecule has 0 saturated carbocycles. The Kier molecular flexibility index (Phi) is 5.98. The lowest BCUT2D eigenvalue weighted by Gasteiger charge is -2.23. The van der Waals surface area contributed by atoms with E-state index >= 15 is 0 Å². The first-order valence-electron chi connectivity index (χ1n) is 8.39. The van der Waals surface area contributed by atoms with Crippen LogP contribution in [0.2, 0.25) is 0 Å². The molecule has 1 aromatic carbocycles. The van der Waals surface area contributed by atoms with Gasteiger partial charge in [-0.05, 0) is 58.1 Å². The zero-order chi connectivity index (χ0) is 20.5. The zero-order valence-corrected chi connectivity index (χ0v) is 16.0. The van der Waals surface area contributed by atoms with Crippen LogP contribution in [-0.2, 0) is 27.7 Å². The molecule has 1 aromatic rings. The number of aryl methyl sites for hydroxylation is 1. The Morgan fingerprint density at radius 3 is 2.48 bits per heavy atom. The quantitative estimate of drug-likeness (QED) is 0.468. The number of ether oxygens (including phenoxy) is 1. The van der Waals surface area contributed by atoms with Crippen molar-refractivity contribution >= 4 is 16.2 Å². The standard InChI is InChI=1S/C17H22F3NO5S/c1-16(2,3)25-15(22)21-12-8-4-6-11-7-5-9-14(13(11)10-12)26-27(23,24)17(18,19)20/h5,7,9,12H,4,6,8,10H2,1-3H3,(H,21,22)/t12-/m1/s1. The lowest BCUT2D eigenvalue weighted by molar-refractivity contribution is -0.0500. The van der Waals surface area contributed by atoms with E-state index in [0.717, 1.165) is 0 Å². The Bertz CT molecular complexity index is 800. The van der Waals surface area contributed by atoms with Gasteiger partial charge in [0.25, 0.3) is 0 Å². The molecule has 1 aliphatic carbocycles. The number of rotatable bonds is 3. The lowest BCUT2D eigenvalue weighted by Crippen LogP contribution is -2.40. The smallest absolute Gasteiger partial charge is 0.444 e. The Hall–Kier alpha value is -1.97. The molecule has 10 heteroatoms. The maximum absolute atomic E-state index is 12.7. The van der Waals surface area contributed by atoms with Crippen LogP contribution in [0.25, 0.3) is 0 Å². The minimum absolute atomic E-state index is 0.137. The molecule has 0 radical (unpaired) electrons. The molecule has 1 atom stereocenters. The largest absolute Gasteiger partial charge is 0.534 e. The Morgan fingerprint density at radius 2 is 1.89 bits per heavy atom. The van der Waals surface area contributed by atoms with Crippen LogP contribution in [0.4, 0.5) is 18.0 Å². The molecule has 0 aromatic heterocycles. The molecule has 6 nitrogen and oxygen atoms in total. The van der Waals surface area contributed by atoms with Crippen LogP contribution >= 0.6 is 0 Å². The van der Waals surface area contributed by atoms with E-state index < -0.39 is 33.4 Å². The predicted octanol–water partition coefficient (Wildman–Crippen LogP) is 3.69. The third-order valence-electron chi connectivity index (χ3n) is 3.88. The molecule has 0 unspecified atom stereocenters. The number of fused-ring (bicyclic) bond motifs is 1. The summed E-state index contributed by atoms with van der Waals surface area (Å²) >= 11 is 0. The van der Waals surface area contributed by atoms with Gasteiger partial charge in [0.2, 0.25) is 0 Å². The van der Waals surface area contributed by atoms with Crippen molar-refractivity contribution in [2.45, 2.75) is 63.6 Å². The molecule has 0 heterocycles. The first kappa shape index (κ1) is 21.3. The van der Waals surface area contributed by atoms with E-state index in [2.05, 4.69) is 9.50 Å². The molecule has 1 amide bonds. The second-order valence-electron chi connectivity index (χ2n) is 7.32. The molecular formula is C17H22F3NO5S. The van der Waals surface area contributed by atoms with Gasteiger partial charge in [0.1, 0.15) is 11.4 Å². The molecule has 0 spiro atoms. The van der Waals surface area contributed by atoms with Gasteiger partial charge in [0, 0.05) is 11.6 Å².